The van der Waals surface area contributed by atoms with Crippen LogP contribution in [0.4, 0.5) is 0 Å². The fraction of sp³-hybridized carbons (Fsp3) is 0.812. The molecule has 2 fully saturated rings. The van der Waals surface area contributed by atoms with Gasteiger partial charge >= 0.3 is 0 Å². The zero-order valence-corrected chi connectivity index (χ0v) is 13.5. The van der Waals surface area contributed by atoms with Gasteiger partial charge in [-0.2, -0.15) is 4.98 Å². The number of nitrogens with zero attached hydrogens (tertiary/aromatic N) is 3. The molecule has 2 heterocycles. The van der Waals surface area contributed by atoms with Gasteiger partial charge in [-0.05, 0) is 32.2 Å². The molecule has 3 rings (SSSR count). The van der Waals surface area contributed by atoms with E-state index in [0.717, 1.165) is 38.1 Å². The number of aliphatic hydroxyl groups excluding tert-OH is 1. The monoisotopic (exact) mass is 322 g/mol. The molecule has 7 heteroatoms. The molecule has 2 aliphatic rings. The zero-order valence-electron chi connectivity index (χ0n) is 13.5. The van der Waals surface area contributed by atoms with Crippen molar-refractivity contribution in [2.24, 2.45) is 0 Å². The molecule has 1 aliphatic carbocycles. The first-order chi connectivity index (χ1) is 11.2. The largest absolute Gasteiger partial charge is 0.392 e. The average molecular weight is 322 g/mol. The Morgan fingerprint density at radius 1 is 1.26 bits per heavy atom. The predicted molar refractivity (Wildman–Crippen MR) is 83.7 cm³/mol. The molecule has 0 bridgehead atoms. The van der Waals surface area contributed by atoms with Gasteiger partial charge in [0.25, 0.3) is 0 Å². The van der Waals surface area contributed by atoms with Gasteiger partial charge < -0.3 is 14.9 Å². The van der Waals surface area contributed by atoms with Crippen LogP contribution in [-0.2, 0) is 11.3 Å². The van der Waals surface area contributed by atoms with E-state index in [-0.39, 0.29) is 18.6 Å². The van der Waals surface area contributed by atoms with Crippen LogP contribution in [0, 0.1) is 0 Å². The van der Waals surface area contributed by atoms with Crippen LogP contribution in [0.1, 0.15) is 62.6 Å². The molecule has 0 spiro atoms. The Bertz CT molecular complexity index is 513. The van der Waals surface area contributed by atoms with Crippen molar-refractivity contribution in [3.05, 3.63) is 11.7 Å². The molecule has 1 aromatic heterocycles. The lowest BCUT2D eigenvalue weighted by molar-refractivity contribution is -0.123. The number of β-amino-alcohol motifs (C(OH)–C–C–N with tert-alkyl or cyclic N) is 1. The van der Waals surface area contributed by atoms with Crippen molar-refractivity contribution in [2.75, 3.05) is 19.6 Å². The van der Waals surface area contributed by atoms with Gasteiger partial charge in [0.15, 0.2) is 5.82 Å². The third-order valence-corrected chi connectivity index (χ3v) is 4.74. The van der Waals surface area contributed by atoms with Gasteiger partial charge in [-0.3, -0.25) is 9.69 Å². The first kappa shape index (κ1) is 16.4. The molecule has 1 atom stereocenters. The van der Waals surface area contributed by atoms with E-state index in [9.17, 15) is 9.90 Å². The number of carbonyl (C=O) groups is 1. The number of aliphatic hydroxyl groups is 1. The fourth-order valence-electron chi connectivity index (χ4n) is 3.47. The Balaban J connectivity index is 1.42. The molecule has 1 saturated carbocycles. The highest BCUT2D eigenvalue weighted by atomic mass is 16.5. The Morgan fingerprint density at radius 3 is 2.87 bits per heavy atom. The molecule has 1 aromatic rings. The molecule has 1 unspecified atom stereocenters. The second-order valence-electron chi connectivity index (χ2n) is 6.69. The van der Waals surface area contributed by atoms with Crippen LogP contribution < -0.4 is 5.32 Å². The maximum atomic E-state index is 12.0. The van der Waals surface area contributed by atoms with Crippen LogP contribution in [-0.4, -0.2) is 51.8 Å². The normalized spacial score (nSPS) is 23.8. The van der Waals surface area contributed by atoms with Gasteiger partial charge in [-0.15, -0.1) is 0 Å². The summed E-state index contributed by atoms with van der Waals surface area (Å²) in [4.78, 5) is 18.4. The minimum absolute atomic E-state index is 0.0727. The topological polar surface area (TPSA) is 91.5 Å². The molecule has 2 N–H and O–H groups in total. The highest BCUT2D eigenvalue weighted by Crippen LogP contribution is 2.30. The Labute approximate surface area is 136 Å². The Morgan fingerprint density at radius 2 is 2.09 bits per heavy atom. The highest BCUT2D eigenvalue weighted by molar-refractivity contribution is 5.77. The van der Waals surface area contributed by atoms with E-state index in [2.05, 4.69) is 15.5 Å². The lowest BCUT2D eigenvalue weighted by Crippen LogP contribution is -2.44. The standard InChI is InChI=1S/C16H26N4O3/c21-13-7-4-8-20(10-13)11-14(22)17-9-15-18-16(19-23-15)12-5-2-1-3-6-12/h12-13,21H,1-11H2,(H,17,22). The minimum atomic E-state index is -0.314. The van der Waals surface area contributed by atoms with Crippen molar-refractivity contribution in [1.82, 2.24) is 20.4 Å². The molecule has 0 radical (unpaired) electrons. The van der Waals surface area contributed by atoms with Crippen LogP contribution in [0.5, 0.6) is 0 Å². The lowest BCUT2D eigenvalue weighted by atomic mass is 9.89. The fourth-order valence-corrected chi connectivity index (χ4v) is 3.47. The quantitative estimate of drug-likeness (QED) is 0.846. The summed E-state index contributed by atoms with van der Waals surface area (Å²) in [6.45, 7) is 2.01. The number of rotatable bonds is 5. The van der Waals surface area contributed by atoms with Gasteiger partial charge in [0.2, 0.25) is 11.8 Å². The number of carbonyl (C=O) groups excluding carboxylic acids is 1. The van der Waals surface area contributed by atoms with E-state index in [0.29, 0.717) is 24.9 Å². The van der Waals surface area contributed by atoms with Crippen LogP contribution in [0.2, 0.25) is 0 Å². The van der Waals surface area contributed by atoms with Crippen LogP contribution in [0.15, 0.2) is 4.52 Å². The number of hydrogen-bond acceptors (Lipinski definition) is 6. The molecule has 23 heavy (non-hydrogen) atoms. The van der Waals surface area contributed by atoms with Gasteiger partial charge in [-0.1, -0.05) is 24.4 Å². The molecule has 7 nitrogen and oxygen atoms in total. The first-order valence-electron chi connectivity index (χ1n) is 8.70. The highest BCUT2D eigenvalue weighted by Gasteiger charge is 2.22. The van der Waals surface area contributed by atoms with Crippen LogP contribution >= 0.6 is 0 Å². The van der Waals surface area contributed by atoms with Gasteiger partial charge in [0.1, 0.15) is 0 Å². The maximum absolute atomic E-state index is 12.0. The molecular formula is C16H26N4O3. The number of nitrogens with one attached hydrogen (secondary N) is 1. The van der Waals surface area contributed by atoms with Gasteiger partial charge in [-0.25, -0.2) is 0 Å². The summed E-state index contributed by atoms with van der Waals surface area (Å²) in [6, 6.07) is 0. The Kier molecular flexibility index (Phi) is 5.61. The van der Waals surface area contributed by atoms with Crippen molar-refractivity contribution >= 4 is 5.91 Å². The minimum Gasteiger partial charge on any atom is -0.392 e. The van der Waals surface area contributed by atoms with E-state index < -0.39 is 0 Å². The molecule has 128 valence electrons. The number of amides is 1. The molecule has 0 aromatic carbocycles. The van der Waals surface area contributed by atoms with Gasteiger partial charge in [0.05, 0.1) is 19.2 Å². The van der Waals surface area contributed by atoms with Crippen molar-refractivity contribution < 1.29 is 14.4 Å². The van der Waals surface area contributed by atoms with E-state index in [1.165, 1.54) is 19.3 Å². The maximum Gasteiger partial charge on any atom is 0.246 e. The molecule has 1 aliphatic heterocycles. The van der Waals surface area contributed by atoms with Crippen molar-refractivity contribution in [1.29, 1.82) is 0 Å². The number of hydrogen-bond donors (Lipinski definition) is 2. The summed E-state index contributed by atoms with van der Waals surface area (Å²) in [6.07, 6.45) is 7.45. The van der Waals surface area contributed by atoms with E-state index in [1.54, 1.807) is 0 Å². The second-order valence-corrected chi connectivity index (χ2v) is 6.69. The summed E-state index contributed by atoms with van der Waals surface area (Å²) in [5.74, 6) is 1.59. The average Bonchev–Trinajstić information content (AvgIpc) is 3.03. The smallest absolute Gasteiger partial charge is 0.246 e. The summed E-state index contributed by atoms with van der Waals surface area (Å²) in [5, 5.41) is 16.5. The van der Waals surface area contributed by atoms with Crippen molar-refractivity contribution in [3.63, 3.8) is 0 Å². The van der Waals surface area contributed by atoms with Crippen molar-refractivity contribution in [3.8, 4) is 0 Å². The number of aromatic nitrogens is 2. The van der Waals surface area contributed by atoms with E-state index >= 15 is 0 Å². The van der Waals surface area contributed by atoms with E-state index in [1.807, 2.05) is 4.90 Å². The Hall–Kier alpha value is -1.47. The third kappa shape index (κ3) is 4.75. The van der Waals surface area contributed by atoms with Crippen molar-refractivity contribution in [2.45, 2.75) is 63.5 Å². The summed E-state index contributed by atoms with van der Waals surface area (Å²) in [7, 11) is 0. The predicted octanol–water partition coefficient (Wildman–Crippen LogP) is 1.19. The summed E-state index contributed by atoms with van der Waals surface area (Å²) >= 11 is 0. The molecule has 1 amide bonds. The molecule has 1 saturated heterocycles. The summed E-state index contributed by atoms with van der Waals surface area (Å²) < 4.78 is 5.25. The lowest BCUT2D eigenvalue weighted by Gasteiger charge is -2.29. The first-order valence-corrected chi connectivity index (χ1v) is 8.70. The summed E-state index contributed by atoms with van der Waals surface area (Å²) in [5.41, 5.74) is 0. The van der Waals surface area contributed by atoms with Gasteiger partial charge in [0, 0.05) is 12.5 Å². The second kappa shape index (κ2) is 7.88. The third-order valence-electron chi connectivity index (χ3n) is 4.74. The van der Waals surface area contributed by atoms with Crippen LogP contribution in [0.25, 0.3) is 0 Å². The van der Waals surface area contributed by atoms with Crippen LogP contribution in [0.3, 0.4) is 0 Å². The van der Waals surface area contributed by atoms with E-state index in [4.69, 9.17) is 4.52 Å². The SMILES string of the molecule is O=C(CN1CCCC(O)C1)NCc1nc(C2CCCCC2)no1. The number of likely N-dealkylation sites (tertiary alicyclic amines) is 1. The number of piperidine rings is 1. The molecular weight excluding hydrogens is 296 g/mol. The zero-order chi connectivity index (χ0) is 16.1.